The molecule has 8 heteroatoms. The summed E-state index contributed by atoms with van der Waals surface area (Å²) in [5, 5.41) is 7.70. The van der Waals surface area contributed by atoms with Gasteiger partial charge in [0.05, 0.1) is 6.42 Å². The molecule has 0 amide bonds. The van der Waals surface area contributed by atoms with Crippen molar-refractivity contribution in [2.24, 2.45) is 0 Å². The fraction of sp³-hybridized carbons (Fsp3) is 0.800. The van der Waals surface area contributed by atoms with Crippen LogP contribution in [0.15, 0.2) is 0 Å². The van der Waals surface area contributed by atoms with Gasteiger partial charge < -0.3 is 9.84 Å². The van der Waals surface area contributed by atoms with E-state index in [1.54, 1.807) is 0 Å². The van der Waals surface area contributed by atoms with E-state index in [2.05, 4.69) is 4.74 Å². The third-order valence-corrected chi connectivity index (χ3v) is 0.963. The molecule has 0 aliphatic heterocycles. The summed E-state index contributed by atoms with van der Waals surface area (Å²) in [5.41, 5.74) is 0. The maximum Gasteiger partial charge on any atom is 0.508 e. The largest absolute Gasteiger partial charge is 0.508 e. The number of carbonyl (C=O) groups is 1. The Kier molecular flexibility index (Phi) is 3.89. The van der Waals surface area contributed by atoms with Gasteiger partial charge in [-0.15, -0.1) is 0 Å². The van der Waals surface area contributed by atoms with E-state index in [0.29, 0.717) is 0 Å². The third-order valence-electron chi connectivity index (χ3n) is 0.963. The smallest absolute Gasteiger partial charge is 0.450 e. The normalized spacial score (nSPS) is 14.3. The Morgan fingerprint density at radius 2 is 1.85 bits per heavy atom. The van der Waals surface area contributed by atoms with Crippen LogP contribution in [0.3, 0.4) is 0 Å². The second kappa shape index (κ2) is 4.24. The van der Waals surface area contributed by atoms with E-state index in [9.17, 15) is 26.7 Å². The molecule has 13 heavy (non-hydrogen) atoms. The third kappa shape index (κ3) is 4.48. The maximum atomic E-state index is 12.2. The molecule has 0 saturated heterocycles. The molecule has 1 unspecified atom stereocenters. The first-order chi connectivity index (χ1) is 5.75. The van der Waals surface area contributed by atoms with Gasteiger partial charge in [-0.1, -0.05) is 0 Å². The minimum Gasteiger partial charge on any atom is -0.450 e. The van der Waals surface area contributed by atoms with E-state index < -0.39 is 31.3 Å². The number of hydrogen-bond acceptors (Lipinski definition) is 2. The van der Waals surface area contributed by atoms with Crippen LogP contribution in [0.5, 0.6) is 0 Å². The first-order valence-corrected chi connectivity index (χ1v) is 2.95. The van der Waals surface area contributed by atoms with Crippen LogP contribution >= 0.6 is 0 Å². The van der Waals surface area contributed by atoms with Crippen molar-refractivity contribution in [3.05, 3.63) is 0 Å². The molecule has 0 bridgehead atoms. The van der Waals surface area contributed by atoms with Crippen LogP contribution in [0.1, 0.15) is 6.42 Å². The van der Waals surface area contributed by atoms with E-state index in [0.717, 1.165) is 0 Å². The fourth-order valence-corrected chi connectivity index (χ4v) is 0.473. The SMILES string of the molecule is O=C(O)OC(F)C(F)(F)CC(F)F. The van der Waals surface area contributed by atoms with Gasteiger partial charge in [0.2, 0.25) is 6.43 Å². The van der Waals surface area contributed by atoms with Crippen molar-refractivity contribution in [1.29, 1.82) is 0 Å². The van der Waals surface area contributed by atoms with E-state index in [1.165, 1.54) is 0 Å². The molecular weight excluding hydrogens is 203 g/mol. The molecule has 0 aromatic heterocycles. The van der Waals surface area contributed by atoms with Gasteiger partial charge in [0, 0.05) is 0 Å². The summed E-state index contributed by atoms with van der Waals surface area (Å²) < 4.78 is 62.2. The van der Waals surface area contributed by atoms with Crippen molar-refractivity contribution in [2.75, 3.05) is 0 Å². The summed E-state index contributed by atoms with van der Waals surface area (Å²) >= 11 is 0. The average Bonchev–Trinajstić information content (AvgIpc) is 1.81. The van der Waals surface area contributed by atoms with E-state index >= 15 is 0 Å². The van der Waals surface area contributed by atoms with Crippen LogP contribution in [0.2, 0.25) is 0 Å². The number of ether oxygens (including phenoxy) is 1. The highest BCUT2D eigenvalue weighted by molar-refractivity contribution is 5.57. The standard InChI is InChI=1S/C5H5F5O3/c6-2(7)1-5(9,10)3(8)13-4(11)12/h2-3H,1H2,(H,11,12). The summed E-state index contributed by atoms with van der Waals surface area (Å²) in [5.74, 6) is -4.51. The van der Waals surface area contributed by atoms with Gasteiger partial charge in [0.25, 0.3) is 0 Å². The lowest BCUT2D eigenvalue weighted by Gasteiger charge is -2.18. The average molecular weight is 208 g/mol. The predicted molar refractivity (Wildman–Crippen MR) is 29.6 cm³/mol. The Hall–Kier alpha value is -1.08. The quantitative estimate of drug-likeness (QED) is 0.569. The number of halogens is 5. The monoisotopic (exact) mass is 208 g/mol. The topological polar surface area (TPSA) is 46.5 Å². The first kappa shape index (κ1) is 11.9. The molecule has 0 rings (SSSR count). The Balaban J connectivity index is 4.17. The van der Waals surface area contributed by atoms with Gasteiger partial charge in [-0.05, 0) is 0 Å². The minimum atomic E-state index is -4.51. The zero-order valence-electron chi connectivity index (χ0n) is 6.02. The molecule has 0 spiro atoms. The molecule has 1 N–H and O–H groups in total. The van der Waals surface area contributed by atoms with Crippen molar-refractivity contribution in [3.8, 4) is 0 Å². The van der Waals surface area contributed by atoms with Crippen LogP contribution in [-0.4, -0.2) is 30.0 Å². The second-order valence-corrected chi connectivity index (χ2v) is 2.06. The van der Waals surface area contributed by atoms with Gasteiger partial charge in [-0.25, -0.2) is 13.6 Å². The van der Waals surface area contributed by atoms with Crippen LogP contribution in [0.4, 0.5) is 26.7 Å². The Bertz CT molecular complexity index is 183. The Morgan fingerprint density at radius 3 is 2.15 bits per heavy atom. The zero-order valence-corrected chi connectivity index (χ0v) is 6.02. The van der Waals surface area contributed by atoms with Crippen LogP contribution in [0, 0.1) is 0 Å². The lowest BCUT2D eigenvalue weighted by Crippen LogP contribution is -2.35. The molecule has 1 atom stereocenters. The van der Waals surface area contributed by atoms with Gasteiger partial charge in [-0.3, -0.25) is 0 Å². The van der Waals surface area contributed by atoms with Crippen LogP contribution in [0.25, 0.3) is 0 Å². The van der Waals surface area contributed by atoms with E-state index in [1.807, 2.05) is 0 Å². The van der Waals surface area contributed by atoms with E-state index in [-0.39, 0.29) is 0 Å². The van der Waals surface area contributed by atoms with Crippen molar-refractivity contribution >= 4 is 6.16 Å². The number of carboxylic acid groups (broad SMARTS) is 1. The summed E-state index contributed by atoms with van der Waals surface area (Å²) in [6.07, 6.45) is -11.4. The van der Waals surface area contributed by atoms with Crippen molar-refractivity contribution < 1.29 is 36.6 Å². The van der Waals surface area contributed by atoms with Gasteiger partial charge >= 0.3 is 18.4 Å². The Morgan fingerprint density at radius 1 is 1.38 bits per heavy atom. The number of alkyl halides is 5. The van der Waals surface area contributed by atoms with Crippen molar-refractivity contribution in [2.45, 2.75) is 25.1 Å². The summed E-state index contributed by atoms with van der Waals surface area (Å²) in [7, 11) is 0. The molecule has 0 aliphatic rings. The lowest BCUT2D eigenvalue weighted by molar-refractivity contribution is -0.192. The number of rotatable bonds is 4. The molecular formula is C5H5F5O3. The molecule has 0 fully saturated rings. The molecule has 0 aliphatic carbocycles. The van der Waals surface area contributed by atoms with E-state index in [4.69, 9.17) is 5.11 Å². The van der Waals surface area contributed by atoms with Crippen LogP contribution in [-0.2, 0) is 4.74 Å². The number of hydrogen-bond donors (Lipinski definition) is 1. The predicted octanol–water partition coefficient (Wildman–Crippen LogP) is 2.27. The second-order valence-electron chi connectivity index (χ2n) is 2.06. The maximum absolute atomic E-state index is 12.2. The minimum absolute atomic E-state index is 2.08. The first-order valence-electron chi connectivity index (χ1n) is 2.95. The zero-order chi connectivity index (χ0) is 10.6. The molecule has 0 saturated carbocycles. The highest BCUT2D eigenvalue weighted by atomic mass is 19.3. The molecule has 0 radical (unpaired) electrons. The molecule has 3 nitrogen and oxygen atoms in total. The van der Waals surface area contributed by atoms with Crippen LogP contribution < -0.4 is 0 Å². The summed E-state index contributed by atoms with van der Waals surface area (Å²) in [4.78, 5) is 9.56. The Labute approximate surface area is 69.1 Å². The van der Waals surface area contributed by atoms with Gasteiger partial charge in [0.15, 0.2) is 0 Å². The fourth-order valence-electron chi connectivity index (χ4n) is 0.473. The molecule has 78 valence electrons. The highest BCUT2D eigenvalue weighted by Gasteiger charge is 2.45. The molecule has 0 aromatic carbocycles. The highest BCUT2D eigenvalue weighted by Crippen LogP contribution is 2.29. The van der Waals surface area contributed by atoms with Crippen molar-refractivity contribution in [1.82, 2.24) is 0 Å². The molecule has 0 aromatic rings. The summed E-state index contributed by atoms with van der Waals surface area (Å²) in [6.45, 7) is 0. The summed E-state index contributed by atoms with van der Waals surface area (Å²) in [6, 6.07) is 0. The lowest BCUT2D eigenvalue weighted by atomic mass is 10.2. The molecule has 0 heterocycles. The van der Waals surface area contributed by atoms with Gasteiger partial charge in [-0.2, -0.15) is 13.2 Å². The van der Waals surface area contributed by atoms with Crippen molar-refractivity contribution in [3.63, 3.8) is 0 Å². The van der Waals surface area contributed by atoms with Gasteiger partial charge in [0.1, 0.15) is 0 Å².